The number of amides is 1. The zero-order valence-electron chi connectivity index (χ0n) is 12.8. The van der Waals surface area contributed by atoms with Crippen LogP contribution in [-0.4, -0.2) is 42.8 Å². The van der Waals surface area contributed by atoms with Crippen LogP contribution in [0.1, 0.15) is 52.8 Å². The zero-order chi connectivity index (χ0) is 15.9. The molecule has 1 aliphatic rings. The van der Waals surface area contributed by atoms with Crippen LogP contribution in [0.3, 0.4) is 0 Å². The van der Waals surface area contributed by atoms with E-state index in [1.807, 2.05) is 0 Å². The fourth-order valence-corrected chi connectivity index (χ4v) is 2.68. The summed E-state index contributed by atoms with van der Waals surface area (Å²) < 4.78 is 5.06. The highest BCUT2D eigenvalue weighted by Crippen LogP contribution is 2.21. The molecule has 2 rings (SSSR count). The first-order valence-corrected chi connectivity index (χ1v) is 7.60. The number of hydrogen-bond acceptors (Lipinski definition) is 4. The summed E-state index contributed by atoms with van der Waals surface area (Å²) in [5.74, 6) is -0.729. The molecule has 1 aliphatic carbocycles. The quantitative estimate of drug-likeness (QED) is 0.619. The smallest absolute Gasteiger partial charge is 0.338 e. The number of carbonyl (C=O) groups is 3. The van der Waals surface area contributed by atoms with Gasteiger partial charge in [-0.05, 0) is 25.0 Å². The molecule has 1 aromatic rings. The van der Waals surface area contributed by atoms with Crippen molar-refractivity contribution >= 4 is 18.2 Å². The minimum atomic E-state index is -0.553. The fourth-order valence-electron chi connectivity index (χ4n) is 2.68. The summed E-state index contributed by atoms with van der Waals surface area (Å²) in [6.07, 6.45) is 6.26. The summed E-state index contributed by atoms with van der Waals surface area (Å²) in [5.41, 5.74) is 0.823. The van der Waals surface area contributed by atoms with Crippen LogP contribution in [0, 0.1) is 0 Å². The molecular weight excluding hydrogens is 282 g/mol. The van der Waals surface area contributed by atoms with Crippen molar-refractivity contribution in [2.24, 2.45) is 0 Å². The normalized spacial score (nSPS) is 15.1. The Balaban J connectivity index is 1.83. The highest BCUT2D eigenvalue weighted by Gasteiger charge is 2.22. The third kappa shape index (κ3) is 4.16. The van der Waals surface area contributed by atoms with E-state index in [2.05, 4.69) is 0 Å². The number of esters is 1. The lowest BCUT2D eigenvalue weighted by Crippen LogP contribution is -2.40. The average Bonchev–Trinajstić information content (AvgIpc) is 2.59. The number of carbonyl (C=O) groups excluding carboxylic acids is 3. The first kappa shape index (κ1) is 16.2. The molecule has 1 amide bonds. The summed E-state index contributed by atoms with van der Waals surface area (Å²) >= 11 is 0. The zero-order valence-corrected chi connectivity index (χ0v) is 12.8. The molecule has 5 nitrogen and oxygen atoms in total. The molecule has 0 heterocycles. The minimum absolute atomic E-state index is 0.176. The van der Waals surface area contributed by atoms with Gasteiger partial charge in [0.2, 0.25) is 0 Å². The van der Waals surface area contributed by atoms with E-state index in [0.29, 0.717) is 17.4 Å². The molecule has 0 atom stereocenters. The van der Waals surface area contributed by atoms with E-state index in [1.165, 1.54) is 18.6 Å². The second-order valence-electron chi connectivity index (χ2n) is 5.61. The Morgan fingerprint density at radius 2 is 1.82 bits per heavy atom. The van der Waals surface area contributed by atoms with Crippen molar-refractivity contribution < 1.29 is 19.1 Å². The average molecular weight is 303 g/mol. The van der Waals surface area contributed by atoms with Gasteiger partial charge in [-0.3, -0.25) is 9.59 Å². The van der Waals surface area contributed by atoms with Gasteiger partial charge in [-0.2, -0.15) is 0 Å². The van der Waals surface area contributed by atoms with Gasteiger partial charge in [0.05, 0.1) is 5.56 Å². The number of ether oxygens (including phenoxy) is 1. The Morgan fingerprint density at radius 1 is 1.18 bits per heavy atom. The monoisotopic (exact) mass is 303 g/mol. The van der Waals surface area contributed by atoms with Crippen LogP contribution < -0.4 is 0 Å². The summed E-state index contributed by atoms with van der Waals surface area (Å²) in [4.78, 5) is 36.2. The van der Waals surface area contributed by atoms with Crippen LogP contribution in [0.2, 0.25) is 0 Å². The van der Waals surface area contributed by atoms with Crippen molar-refractivity contribution in [2.45, 2.75) is 38.1 Å². The van der Waals surface area contributed by atoms with Crippen LogP contribution in [-0.2, 0) is 9.53 Å². The number of likely N-dealkylation sites (N-methyl/N-ethyl adjacent to an activating group) is 1. The van der Waals surface area contributed by atoms with Crippen LogP contribution in [0.25, 0.3) is 0 Å². The molecule has 0 spiro atoms. The Kier molecular flexibility index (Phi) is 5.69. The highest BCUT2D eigenvalue weighted by molar-refractivity contribution is 5.92. The molecule has 0 aliphatic heterocycles. The van der Waals surface area contributed by atoms with Crippen LogP contribution in [0.5, 0.6) is 0 Å². The molecule has 0 N–H and O–H groups in total. The predicted molar refractivity (Wildman–Crippen MR) is 81.8 cm³/mol. The molecule has 0 saturated heterocycles. The number of nitrogens with zero attached hydrogens (tertiary/aromatic N) is 1. The Bertz CT molecular complexity index is 532. The summed E-state index contributed by atoms with van der Waals surface area (Å²) in [6.45, 7) is -0.249. The third-order valence-electron chi connectivity index (χ3n) is 4.13. The van der Waals surface area contributed by atoms with Crippen LogP contribution in [0.4, 0.5) is 0 Å². The molecule has 1 fully saturated rings. The number of rotatable bonds is 5. The minimum Gasteiger partial charge on any atom is -0.452 e. The first-order chi connectivity index (χ1) is 10.6. The molecule has 0 aromatic heterocycles. The van der Waals surface area contributed by atoms with Gasteiger partial charge in [0.15, 0.2) is 6.61 Å². The van der Waals surface area contributed by atoms with Crippen molar-refractivity contribution in [3.05, 3.63) is 35.4 Å². The molecular formula is C17H21NO4. The summed E-state index contributed by atoms with van der Waals surface area (Å²) in [6, 6.07) is 6.37. The van der Waals surface area contributed by atoms with Gasteiger partial charge in [-0.25, -0.2) is 4.79 Å². The van der Waals surface area contributed by atoms with Crippen molar-refractivity contribution in [1.82, 2.24) is 4.90 Å². The molecule has 1 aromatic carbocycles. The van der Waals surface area contributed by atoms with Gasteiger partial charge < -0.3 is 9.64 Å². The maximum Gasteiger partial charge on any atom is 0.338 e. The number of benzene rings is 1. The van der Waals surface area contributed by atoms with Crippen molar-refractivity contribution in [2.75, 3.05) is 13.7 Å². The topological polar surface area (TPSA) is 63.7 Å². The maximum absolute atomic E-state index is 12.1. The Hall–Kier alpha value is -2.17. The Morgan fingerprint density at radius 3 is 2.41 bits per heavy atom. The van der Waals surface area contributed by atoms with E-state index in [0.717, 1.165) is 25.7 Å². The lowest BCUT2D eigenvalue weighted by atomic mass is 9.94. The number of hydrogen-bond donors (Lipinski definition) is 0. The van der Waals surface area contributed by atoms with E-state index in [9.17, 15) is 14.4 Å². The van der Waals surface area contributed by atoms with E-state index in [1.54, 1.807) is 24.1 Å². The van der Waals surface area contributed by atoms with Gasteiger partial charge in [0, 0.05) is 18.7 Å². The van der Waals surface area contributed by atoms with Crippen molar-refractivity contribution in [3.8, 4) is 0 Å². The van der Waals surface area contributed by atoms with Gasteiger partial charge >= 0.3 is 5.97 Å². The second kappa shape index (κ2) is 7.73. The van der Waals surface area contributed by atoms with E-state index >= 15 is 0 Å². The molecule has 1 saturated carbocycles. The van der Waals surface area contributed by atoms with E-state index in [4.69, 9.17) is 4.74 Å². The predicted octanol–water partition coefficient (Wildman–Crippen LogP) is 2.45. The first-order valence-electron chi connectivity index (χ1n) is 7.60. The van der Waals surface area contributed by atoms with Crippen molar-refractivity contribution in [3.63, 3.8) is 0 Å². The highest BCUT2D eigenvalue weighted by atomic mass is 16.5. The molecule has 5 heteroatoms. The van der Waals surface area contributed by atoms with Crippen LogP contribution >= 0.6 is 0 Å². The van der Waals surface area contributed by atoms with Gasteiger partial charge in [0.1, 0.15) is 6.29 Å². The lowest BCUT2D eigenvalue weighted by Gasteiger charge is -2.31. The molecule has 0 radical (unpaired) electrons. The second-order valence-corrected chi connectivity index (χ2v) is 5.61. The fraction of sp³-hybridized carbons (Fsp3) is 0.471. The SMILES string of the molecule is CN(C(=O)COC(=O)c1ccc(C=O)cc1)C1CCCCC1. The maximum atomic E-state index is 12.1. The molecule has 0 bridgehead atoms. The van der Waals surface area contributed by atoms with Gasteiger partial charge in [0.25, 0.3) is 5.91 Å². The third-order valence-corrected chi connectivity index (χ3v) is 4.13. The van der Waals surface area contributed by atoms with E-state index in [-0.39, 0.29) is 18.6 Å². The number of aldehydes is 1. The molecule has 118 valence electrons. The lowest BCUT2D eigenvalue weighted by molar-refractivity contribution is -0.135. The van der Waals surface area contributed by atoms with E-state index < -0.39 is 5.97 Å². The van der Waals surface area contributed by atoms with Crippen molar-refractivity contribution in [1.29, 1.82) is 0 Å². The molecule has 22 heavy (non-hydrogen) atoms. The Labute approximate surface area is 130 Å². The van der Waals surface area contributed by atoms with Gasteiger partial charge in [-0.15, -0.1) is 0 Å². The standard InChI is InChI=1S/C17H21NO4/c1-18(15-5-3-2-4-6-15)16(20)12-22-17(21)14-9-7-13(11-19)8-10-14/h7-11,15H,2-6,12H2,1H3. The molecule has 0 unspecified atom stereocenters. The summed E-state index contributed by atoms with van der Waals surface area (Å²) in [7, 11) is 1.77. The largest absolute Gasteiger partial charge is 0.452 e. The van der Waals surface area contributed by atoms with Gasteiger partial charge in [-0.1, -0.05) is 31.4 Å². The summed E-state index contributed by atoms with van der Waals surface area (Å²) in [5, 5.41) is 0. The van der Waals surface area contributed by atoms with Crippen LogP contribution in [0.15, 0.2) is 24.3 Å².